The maximum atomic E-state index is 13.6. The van der Waals surface area contributed by atoms with E-state index in [1.54, 1.807) is 13.8 Å². The van der Waals surface area contributed by atoms with E-state index < -0.39 is 23.5 Å². The van der Waals surface area contributed by atoms with Crippen LogP contribution in [0.2, 0.25) is 0 Å². The van der Waals surface area contributed by atoms with Gasteiger partial charge in [0, 0.05) is 6.07 Å². The minimum Gasteiger partial charge on any atom is -0.462 e. The molecule has 0 bridgehead atoms. The van der Waals surface area contributed by atoms with Crippen LogP contribution in [0.4, 0.5) is 14.5 Å². The first kappa shape index (κ1) is 20.3. The number of nitrogens with one attached hydrogen (secondary N) is 1. The molecule has 140 valence electrons. The summed E-state index contributed by atoms with van der Waals surface area (Å²) in [4.78, 5) is 28.0. The van der Waals surface area contributed by atoms with Crippen molar-refractivity contribution in [3.63, 3.8) is 0 Å². The molecule has 27 heavy (non-hydrogen) atoms. The zero-order valence-electron chi connectivity index (χ0n) is 14.5. The number of nitriles is 1. The molecule has 0 aliphatic carbocycles. The molecule has 0 aliphatic rings. The van der Waals surface area contributed by atoms with E-state index in [9.17, 15) is 23.6 Å². The summed E-state index contributed by atoms with van der Waals surface area (Å²) in [5.74, 6) is -2.81. The zero-order valence-corrected chi connectivity index (χ0v) is 15.3. The number of esters is 1. The summed E-state index contributed by atoms with van der Waals surface area (Å²) < 4.78 is 31.6. The number of carbonyl (C=O) groups excluding carboxylic acids is 2. The maximum Gasteiger partial charge on any atom is 0.340 e. The Kier molecular flexibility index (Phi) is 6.85. The van der Waals surface area contributed by atoms with E-state index in [1.165, 1.54) is 6.07 Å². The van der Waals surface area contributed by atoms with Gasteiger partial charge in [0.05, 0.1) is 34.9 Å². The highest BCUT2D eigenvalue weighted by Gasteiger charge is 2.17. The molecule has 0 atom stereocenters. The van der Waals surface area contributed by atoms with Crippen LogP contribution in [-0.2, 0) is 9.53 Å². The predicted octanol–water partition coefficient (Wildman–Crippen LogP) is 3.45. The lowest BCUT2D eigenvalue weighted by atomic mass is 10.1. The molecule has 0 aliphatic heterocycles. The van der Waals surface area contributed by atoms with Crippen LogP contribution in [0.15, 0.2) is 29.3 Å². The Balaban J connectivity index is 2.12. The third-order valence-corrected chi connectivity index (χ3v) is 4.33. The Morgan fingerprint density at radius 2 is 2.07 bits per heavy atom. The highest BCUT2D eigenvalue weighted by molar-refractivity contribution is 8.00. The van der Waals surface area contributed by atoms with Gasteiger partial charge in [0.25, 0.3) is 0 Å². The number of thioether (sulfide) groups is 1. The number of hydrogen-bond acceptors (Lipinski definition) is 6. The smallest absolute Gasteiger partial charge is 0.340 e. The standard InChI is InChI=1S/C18H15F2N3O3S/c1-3-26-18(25)13-6-11(8-21)17(22-10(13)2)27-9-16(24)23-15-7-12(19)4-5-14(15)20/h4-7H,3,9H2,1-2H3,(H,23,24). The van der Waals surface area contributed by atoms with Crippen molar-refractivity contribution in [2.75, 3.05) is 17.7 Å². The van der Waals surface area contributed by atoms with Crippen LogP contribution in [0.1, 0.15) is 28.5 Å². The van der Waals surface area contributed by atoms with E-state index in [0.29, 0.717) is 5.69 Å². The summed E-state index contributed by atoms with van der Waals surface area (Å²) in [5.41, 5.74) is 0.358. The average Bonchev–Trinajstić information content (AvgIpc) is 2.63. The maximum absolute atomic E-state index is 13.6. The molecule has 1 N–H and O–H groups in total. The quantitative estimate of drug-likeness (QED) is 0.599. The van der Waals surface area contributed by atoms with Crippen molar-refractivity contribution in [2.45, 2.75) is 18.9 Å². The Hall–Kier alpha value is -2.99. The summed E-state index contributed by atoms with van der Waals surface area (Å²) in [6.45, 7) is 3.43. The van der Waals surface area contributed by atoms with Crippen molar-refractivity contribution in [2.24, 2.45) is 0 Å². The minimum absolute atomic E-state index is 0.110. The largest absolute Gasteiger partial charge is 0.462 e. The number of ether oxygens (including phenoxy) is 1. The lowest BCUT2D eigenvalue weighted by Crippen LogP contribution is -2.16. The van der Waals surface area contributed by atoms with Crippen molar-refractivity contribution < 1.29 is 23.1 Å². The summed E-state index contributed by atoms with van der Waals surface area (Å²) in [6.07, 6.45) is 0. The van der Waals surface area contributed by atoms with Crippen LogP contribution in [0, 0.1) is 29.9 Å². The van der Waals surface area contributed by atoms with Crippen molar-refractivity contribution in [3.05, 3.63) is 52.7 Å². The number of amides is 1. The van der Waals surface area contributed by atoms with E-state index in [1.807, 2.05) is 6.07 Å². The molecule has 0 unspecified atom stereocenters. The molecule has 2 aromatic rings. The second-order valence-corrected chi connectivity index (χ2v) is 6.23. The van der Waals surface area contributed by atoms with Gasteiger partial charge < -0.3 is 10.1 Å². The van der Waals surface area contributed by atoms with Crippen LogP contribution in [0.5, 0.6) is 0 Å². The number of benzene rings is 1. The molecular formula is C18H15F2N3O3S. The molecule has 6 nitrogen and oxygen atoms in total. The third kappa shape index (κ3) is 5.24. The number of aryl methyl sites for hydroxylation is 1. The molecule has 0 saturated carbocycles. The number of rotatable bonds is 6. The monoisotopic (exact) mass is 391 g/mol. The second-order valence-electron chi connectivity index (χ2n) is 5.27. The van der Waals surface area contributed by atoms with Gasteiger partial charge in [0.2, 0.25) is 5.91 Å². The van der Waals surface area contributed by atoms with Crippen molar-refractivity contribution >= 4 is 29.3 Å². The van der Waals surface area contributed by atoms with Gasteiger partial charge >= 0.3 is 5.97 Å². The SMILES string of the molecule is CCOC(=O)c1cc(C#N)c(SCC(=O)Nc2cc(F)ccc2F)nc1C. The van der Waals surface area contributed by atoms with Crippen LogP contribution in [0.25, 0.3) is 0 Å². The second kappa shape index (κ2) is 9.09. The molecule has 0 fully saturated rings. The molecule has 0 spiro atoms. The average molecular weight is 391 g/mol. The number of anilines is 1. The Labute approximate surface area is 158 Å². The highest BCUT2D eigenvalue weighted by atomic mass is 32.2. The van der Waals surface area contributed by atoms with E-state index in [0.717, 1.165) is 30.0 Å². The first-order chi connectivity index (χ1) is 12.8. The minimum atomic E-state index is -0.764. The number of nitrogens with zero attached hydrogens (tertiary/aromatic N) is 2. The van der Waals surface area contributed by atoms with Crippen molar-refractivity contribution in [1.82, 2.24) is 4.98 Å². The van der Waals surface area contributed by atoms with Gasteiger partial charge in [-0.3, -0.25) is 4.79 Å². The van der Waals surface area contributed by atoms with Gasteiger partial charge in [0.15, 0.2) is 0 Å². The van der Waals surface area contributed by atoms with Gasteiger partial charge in [-0.1, -0.05) is 11.8 Å². The molecule has 1 aromatic carbocycles. The molecule has 1 heterocycles. The van der Waals surface area contributed by atoms with Crippen LogP contribution < -0.4 is 5.32 Å². The lowest BCUT2D eigenvalue weighted by Gasteiger charge is -2.10. The predicted molar refractivity (Wildman–Crippen MR) is 95.4 cm³/mol. The fourth-order valence-corrected chi connectivity index (χ4v) is 2.90. The van der Waals surface area contributed by atoms with Crippen molar-refractivity contribution in [1.29, 1.82) is 5.26 Å². The Morgan fingerprint density at radius 3 is 2.74 bits per heavy atom. The van der Waals surface area contributed by atoms with E-state index >= 15 is 0 Å². The topological polar surface area (TPSA) is 92.1 Å². The number of pyridine rings is 1. The molecule has 2 rings (SSSR count). The number of carbonyl (C=O) groups is 2. The summed E-state index contributed by atoms with van der Waals surface area (Å²) >= 11 is 0.943. The molecule has 0 saturated heterocycles. The zero-order chi connectivity index (χ0) is 20.0. The van der Waals surface area contributed by atoms with E-state index in [4.69, 9.17) is 4.74 Å². The van der Waals surface area contributed by atoms with Gasteiger partial charge in [-0.15, -0.1) is 0 Å². The van der Waals surface area contributed by atoms with E-state index in [-0.39, 0.29) is 34.2 Å². The third-order valence-electron chi connectivity index (χ3n) is 3.34. The summed E-state index contributed by atoms with van der Waals surface area (Å²) in [7, 11) is 0. The van der Waals surface area contributed by atoms with Gasteiger partial charge in [-0.25, -0.2) is 18.6 Å². The molecule has 1 aromatic heterocycles. The first-order valence-corrected chi connectivity index (χ1v) is 8.80. The fraction of sp³-hybridized carbons (Fsp3) is 0.222. The van der Waals surface area contributed by atoms with Crippen LogP contribution in [0.3, 0.4) is 0 Å². The highest BCUT2D eigenvalue weighted by Crippen LogP contribution is 2.24. The van der Waals surface area contributed by atoms with E-state index in [2.05, 4.69) is 10.3 Å². The fourth-order valence-electron chi connectivity index (χ4n) is 2.10. The molecule has 9 heteroatoms. The Bertz CT molecular complexity index is 929. The summed E-state index contributed by atoms with van der Waals surface area (Å²) in [5, 5.41) is 11.8. The first-order valence-electron chi connectivity index (χ1n) is 7.82. The molecule has 1 amide bonds. The number of hydrogen-bond donors (Lipinski definition) is 1. The van der Waals surface area contributed by atoms with Gasteiger partial charge in [0.1, 0.15) is 22.7 Å². The van der Waals surface area contributed by atoms with Crippen LogP contribution >= 0.6 is 11.8 Å². The van der Waals surface area contributed by atoms with Crippen molar-refractivity contribution in [3.8, 4) is 6.07 Å². The molecular weight excluding hydrogens is 376 g/mol. The van der Waals surface area contributed by atoms with Crippen LogP contribution in [-0.4, -0.2) is 29.2 Å². The van der Waals surface area contributed by atoms with Gasteiger partial charge in [-0.2, -0.15) is 5.26 Å². The normalized spacial score (nSPS) is 10.2. The number of halogens is 2. The molecule has 0 radical (unpaired) electrons. The van der Waals surface area contributed by atoms with Gasteiger partial charge in [-0.05, 0) is 32.0 Å². The lowest BCUT2D eigenvalue weighted by molar-refractivity contribution is -0.113. The Morgan fingerprint density at radius 1 is 1.33 bits per heavy atom. The number of aromatic nitrogens is 1. The summed E-state index contributed by atoms with van der Waals surface area (Å²) in [6, 6.07) is 5.99.